The van der Waals surface area contributed by atoms with Gasteiger partial charge in [0.05, 0.1) is 39.5 Å². The minimum Gasteiger partial charge on any atom is -0.496 e. The molecule has 2 fully saturated rings. The standard InChI is InChI=1S/C27H37BrN2O5S.C27H38N2O6S/c1-26(2,3)19-10-9-16(13-20(19)34-8)24(31)30-21(23-29-11-12-36-23)18(15-33-7)17(14-28)22(30)25(32)35-27(4,5)6;1-26(2,3)19-10-9-16(13-20(19)34-8)24(31)29-21(23-28-11-12-36-23)18(15-33-7)17(14-30)22(29)25(32)35-27(4,5)6/h9-13,17-18,21-22H,14-15H2,1-8H3;9-13,17-18,21-22,30H,14-15H2,1-8H3/t2*17-,18-,21+,22?/m00/s1. The summed E-state index contributed by atoms with van der Waals surface area (Å²) in [6, 6.07) is 8.04. The third-order valence-corrected chi connectivity index (χ3v) is 15.2. The Bertz CT molecular complexity index is 2290. The van der Waals surface area contributed by atoms with Crippen LogP contribution in [0.4, 0.5) is 0 Å². The van der Waals surface area contributed by atoms with Crippen molar-refractivity contribution in [3.05, 3.63) is 91.8 Å². The Kier molecular flexibility index (Phi) is 19.3. The van der Waals surface area contributed by atoms with Gasteiger partial charge in [-0.05, 0) is 87.8 Å². The summed E-state index contributed by atoms with van der Waals surface area (Å²) in [4.78, 5) is 67.8. The van der Waals surface area contributed by atoms with Gasteiger partial charge in [0.1, 0.15) is 44.8 Å². The van der Waals surface area contributed by atoms with Crippen LogP contribution in [-0.2, 0) is 39.4 Å². The molecule has 1 N–H and O–H groups in total. The van der Waals surface area contributed by atoms with Crippen LogP contribution < -0.4 is 9.47 Å². The summed E-state index contributed by atoms with van der Waals surface area (Å²) in [5, 5.41) is 16.1. The molecule has 0 radical (unpaired) electrons. The Morgan fingerprint density at radius 3 is 1.26 bits per heavy atom. The third kappa shape index (κ3) is 13.3. The average Bonchev–Trinajstić information content (AvgIpc) is 4.13. The lowest BCUT2D eigenvalue weighted by Gasteiger charge is -2.32. The van der Waals surface area contributed by atoms with Crippen LogP contribution in [0.1, 0.15) is 137 Å². The van der Waals surface area contributed by atoms with E-state index in [1.807, 2.05) is 49.7 Å². The number of alkyl halides is 1. The molecule has 0 aliphatic carbocycles. The Morgan fingerprint density at radius 2 is 0.972 bits per heavy atom. The zero-order valence-corrected chi connectivity index (χ0v) is 48.0. The average molecular weight is 1100 g/mol. The van der Waals surface area contributed by atoms with Gasteiger partial charge in [-0.2, -0.15) is 0 Å². The highest BCUT2D eigenvalue weighted by Crippen LogP contribution is 2.50. The number of likely N-dealkylation sites (tertiary alicyclic amines) is 2. The van der Waals surface area contributed by atoms with E-state index in [4.69, 9.17) is 28.4 Å². The molecule has 2 saturated heterocycles. The van der Waals surface area contributed by atoms with E-state index in [-0.39, 0.29) is 53.6 Å². The number of amides is 2. The van der Waals surface area contributed by atoms with Gasteiger partial charge in [0.2, 0.25) is 0 Å². The van der Waals surface area contributed by atoms with Gasteiger partial charge in [-0.3, -0.25) is 9.59 Å². The topological polar surface area (TPSA) is 176 Å². The summed E-state index contributed by atoms with van der Waals surface area (Å²) in [7, 11) is 6.38. The van der Waals surface area contributed by atoms with E-state index < -0.39 is 53.2 Å². The van der Waals surface area contributed by atoms with Crippen LogP contribution in [0.25, 0.3) is 0 Å². The van der Waals surface area contributed by atoms with Crippen LogP contribution >= 0.6 is 38.6 Å². The van der Waals surface area contributed by atoms with Crippen molar-refractivity contribution in [3.63, 3.8) is 0 Å². The number of methoxy groups -OCH3 is 4. The van der Waals surface area contributed by atoms with Gasteiger partial charge >= 0.3 is 11.9 Å². The number of ether oxygens (including phenoxy) is 6. The summed E-state index contributed by atoms with van der Waals surface area (Å²) in [6.07, 6.45) is 3.39. The highest BCUT2D eigenvalue weighted by Gasteiger charge is 2.58. The van der Waals surface area contributed by atoms with E-state index in [1.165, 1.54) is 27.6 Å². The number of carbonyl (C=O) groups excluding carboxylic acids is 4. The molecule has 4 heterocycles. The molecule has 15 nitrogen and oxygen atoms in total. The molecule has 4 aromatic rings. The van der Waals surface area contributed by atoms with Gasteiger partial charge in [-0.25, -0.2) is 19.6 Å². The second kappa shape index (κ2) is 23.8. The lowest BCUT2D eigenvalue weighted by Crippen LogP contribution is -2.47. The van der Waals surface area contributed by atoms with Crippen molar-refractivity contribution in [3.8, 4) is 11.5 Å². The maximum Gasteiger partial charge on any atom is 0.329 e. The number of esters is 2. The van der Waals surface area contributed by atoms with Crippen LogP contribution in [0, 0.1) is 23.7 Å². The number of aliphatic hydroxyl groups excluding tert-OH is 1. The number of hydrogen-bond donors (Lipinski definition) is 1. The van der Waals surface area contributed by atoms with Crippen molar-refractivity contribution in [2.24, 2.45) is 23.7 Å². The largest absolute Gasteiger partial charge is 0.496 e. The van der Waals surface area contributed by atoms with E-state index >= 15 is 0 Å². The number of rotatable bonds is 14. The van der Waals surface area contributed by atoms with E-state index in [1.54, 1.807) is 84.7 Å². The molecule has 2 aliphatic rings. The van der Waals surface area contributed by atoms with Crippen LogP contribution in [0.2, 0.25) is 0 Å². The molecule has 2 aliphatic heterocycles. The number of benzene rings is 2. The first kappa shape index (κ1) is 58.4. The van der Waals surface area contributed by atoms with Crippen molar-refractivity contribution in [1.82, 2.24) is 19.8 Å². The fourth-order valence-corrected chi connectivity index (χ4v) is 12.2. The minimum absolute atomic E-state index is 0.155. The minimum atomic E-state index is -1.01. The fourth-order valence-electron chi connectivity index (χ4n) is 9.71. The lowest BCUT2D eigenvalue weighted by molar-refractivity contribution is -0.162. The monoisotopic (exact) mass is 1100 g/mol. The molecule has 396 valence electrons. The number of carbonyl (C=O) groups is 4. The Labute approximate surface area is 442 Å². The lowest BCUT2D eigenvalue weighted by atomic mass is 9.85. The number of halogens is 1. The maximum atomic E-state index is 14.3. The first-order chi connectivity index (χ1) is 33.7. The molecule has 0 bridgehead atoms. The van der Waals surface area contributed by atoms with Gasteiger partial charge in [-0.15, -0.1) is 22.7 Å². The molecule has 2 unspecified atom stereocenters. The van der Waals surface area contributed by atoms with Gasteiger partial charge in [0, 0.05) is 84.1 Å². The van der Waals surface area contributed by atoms with Gasteiger partial charge in [0.15, 0.2) is 0 Å². The molecule has 18 heteroatoms. The smallest absolute Gasteiger partial charge is 0.329 e. The summed E-state index contributed by atoms with van der Waals surface area (Å²) in [5.74, 6) is -1.72. The van der Waals surface area contributed by atoms with E-state index in [9.17, 15) is 24.3 Å². The van der Waals surface area contributed by atoms with Crippen LogP contribution in [0.5, 0.6) is 11.5 Å². The van der Waals surface area contributed by atoms with Crippen LogP contribution in [0.15, 0.2) is 59.6 Å². The van der Waals surface area contributed by atoms with Crippen molar-refractivity contribution in [2.75, 3.05) is 53.6 Å². The molecular weight excluding hydrogens is 1020 g/mol. The normalized spacial score (nSPS) is 22.5. The van der Waals surface area contributed by atoms with Gasteiger partial charge < -0.3 is 43.3 Å². The summed E-state index contributed by atoms with van der Waals surface area (Å²) < 4.78 is 34.0. The van der Waals surface area contributed by atoms with Crippen molar-refractivity contribution in [2.45, 2.75) is 129 Å². The third-order valence-electron chi connectivity index (χ3n) is 12.7. The quantitative estimate of drug-likeness (QED) is 0.0934. The molecule has 72 heavy (non-hydrogen) atoms. The highest BCUT2D eigenvalue weighted by molar-refractivity contribution is 9.09. The highest BCUT2D eigenvalue weighted by atomic mass is 79.9. The fraction of sp³-hybridized carbons (Fsp3) is 0.593. The van der Waals surface area contributed by atoms with Gasteiger partial charge in [0.25, 0.3) is 11.8 Å². The van der Waals surface area contributed by atoms with Gasteiger partial charge in [-0.1, -0.05) is 69.6 Å². The maximum absolute atomic E-state index is 14.3. The van der Waals surface area contributed by atoms with Crippen LogP contribution in [-0.4, -0.2) is 126 Å². The number of aromatic nitrogens is 2. The molecular formula is C54H75BrN4O11S2. The number of hydrogen-bond acceptors (Lipinski definition) is 15. The first-order valence-corrected chi connectivity index (χ1v) is 27.0. The predicted octanol–water partition coefficient (Wildman–Crippen LogP) is 9.86. The van der Waals surface area contributed by atoms with E-state index in [0.29, 0.717) is 39.6 Å². The number of nitrogens with zero attached hydrogens (tertiary/aromatic N) is 4. The second-order valence-electron chi connectivity index (χ2n) is 22.2. The molecule has 0 saturated carbocycles. The molecule has 0 spiro atoms. The summed E-state index contributed by atoms with van der Waals surface area (Å²) in [5.41, 5.74) is 0.983. The SMILES string of the molecule is COC[C@H]1[C@H](CBr)C(C(=O)OC(C)(C)C)N(C(=O)c2ccc(C(C)(C)C)c(OC)c2)[C@H]1c1nccs1.COC[C@H]1[C@H](CO)C(C(=O)OC(C)(C)C)N(C(=O)c2ccc(C(C)(C)C)c(OC)c2)[C@H]1c1nccs1. The second-order valence-corrected chi connectivity index (χ2v) is 24.7. The molecule has 2 aromatic carbocycles. The molecule has 2 aromatic heterocycles. The van der Waals surface area contributed by atoms with Crippen molar-refractivity contribution < 1.29 is 52.7 Å². The van der Waals surface area contributed by atoms with E-state index in [0.717, 1.165) is 16.1 Å². The zero-order valence-electron chi connectivity index (χ0n) is 44.7. The van der Waals surface area contributed by atoms with Crippen LogP contribution in [0.3, 0.4) is 0 Å². The van der Waals surface area contributed by atoms with E-state index in [2.05, 4.69) is 67.4 Å². The predicted molar refractivity (Wildman–Crippen MR) is 283 cm³/mol. The molecule has 2 amide bonds. The Hall–Kier alpha value is -4.46. The number of thiazole rings is 2. The number of aliphatic hydroxyl groups is 1. The molecule has 6 rings (SSSR count). The summed E-state index contributed by atoms with van der Waals surface area (Å²) in [6.45, 7) is 23.6. The first-order valence-electron chi connectivity index (χ1n) is 24.1. The summed E-state index contributed by atoms with van der Waals surface area (Å²) >= 11 is 6.48. The Balaban J connectivity index is 0.000000267. The zero-order chi connectivity index (χ0) is 53.7. The Morgan fingerprint density at radius 1 is 0.597 bits per heavy atom. The van der Waals surface area contributed by atoms with Crippen molar-refractivity contribution in [1.29, 1.82) is 0 Å². The molecule has 8 atom stereocenters. The van der Waals surface area contributed by atoms with Crippen molar-refractivity contribution >= 4 is 62.4 Å².